The molecule has 0 atom stereocenters. The third kappa shape index (κ3) is 5.14. The van der Waals surface area contributed by atoms with Crippen LogP contribution in [-0.2, 0) is 34.3 Å². The topological polar surface area (TPSA) is 102 Å². The number of primary sulfonamides is 1. The van der Waals surface area contributed by atoms with Crippen molar-refractivity contribution in [1.82, 2.24) is 14.5 Å². The van der Waals surface area contributed by atoms with E-state index < -0.39 is 22.7 Å². The Balaban J connectivity index is 1.66. The van der Waals surface area contributed by atoms with Crippen LogP contribution in [0.3, 0.4) is 0 Å². The van der Waals surface area contributed by atoms with Crippen LogP contribution in [-0.4, -0.2) is 55.1 Å². The van der Waals surface area contributed by atoms with Gasteiger partial charge < -0.3 is 9.47 Å². The first-order valence-corrected chi connectivity index (χ1v) is 10.2. The maximum absolute atomic E-state index is 12.7. The van der Waals surface area contributed by atoms with Gasteiger partial charge in [-0.05, 0) is 37.2 Å². The molecular formula is C17H20F3N5O3S. The van der Waals surface area contributed by atoms with E-state index in [4.69, 9.17) is 5.14 Å². The van der Waals surface area contributed by atoms with E-state index in [1.54, 1.807) is 11.9 Å². The SMILES string of the molecule is CN(CC(=O)N1CCc2cc(S(N)(=O)=O)ccc21)Cc1nccn1CC(F)(F)F. The number of anilines is 1. The number of fused-ring (bicyclic) bond motifs is 1. The molecule has 1 aliphatic heterocycles. The van der Waals surface area contributed by atoms with Gasteiger partial charge in [-0.2, -0.15) is 13.2 Å². The van der Waals surface area contributed by atoms with Crippen LogP contribution in [0.1, 0.15) is 11.4 Å². The summed E-state index contributed by atoms with van der Waals surface area (Å²) in [6, 6.07) is 4.34. The molecule has 0 unspecified atom stereocenters. The maximum Gasteiger partial charge on any atom is 0.406 e. The van der Waals surface area contributed by atoms with Crippen molar-refractivity contribution in [2.24, 2.45) is 5.14 Å². The van der Waals surface area contributed by atoms with Gasteiger partial charge >= 0.3 is 6.18 Å². The van der Waals surface area contributed by atoms with E-state index in [2.05, 4.69) is 4.98 Å². The number of halogens is 3. The van der Waals surface area contributed by atoms with E-state index in [1.165, 1.54) is 35.5 Å². The molecule has 1 amide bonds. The zero-order chi connectivity index (χ0) is 21.4. The quantitative estimate of drug-likeness (QED) is 0.739. The molecule has 8 nitrogen and oxygen atoms in total. The molecule has 1 aromatic carbocycles. The maximum atomic E-state index is 12.7. The summed E-state index contributed by atoms with van der Waals surface area (Å²) >= 11 is 0. The minimum atomic E-state index is -4.36. The fourth-order valence-electron chi connectivity index (χ4n) is 3.26. The Labute approximate surface area is 165 Å². The number of carbonyl (C=O) groups is 1. The lowest BCUT2D eigenvalue weighted by atomic mass is 10.2. The standard InChI is InChI=1S/C17H20F3N5O3S/c1-23(9-15-22-5-7-24(15)11-17(18,19)20)10-16(26)25-6-4-12-8-13(29(21,27)28)2-3-14(12)25/h2-3,5,7-8H,4,6,9-11H2,1H3,(H2,21,27,28). The number of hydrogen-bond acceptors (Lipinski definition) is 5. The highest BCUT2D eigenvalue weighted by Crippen LogP contribution is 2.30. The average molecular weight is 431 g/mol. The summed E-state index contributed by atoms with van der Waals surface area (Å²) in [5, 5.41) is 5.13. The van der Waals surface area contributed by atoms with Gasteiger partial charge in [-0.3, -0.25) is 9.69 Å². The number of hydrogen-bond donors (Lipinski definition) is 1. The van der Waals surface area contributed by atoms with Gasteiger partial charge in [-0.15, -0.1) is 0 Å². The van der Waals surface area contributed by atoms with Gasteiger partial charge in [0.2, 0.25) is 15.9 Å². The molecule has 0 bridgehead atoms. The second-order valence-corrected chi connectivity index (χ2v) is 8.45. The van der Waals surface area contributed by atoms with Crippen molar-refractivity contribution >= 4 is 21.6 Å². The number of likely N-dealkylation sites (N-methyl/N-ethyl adjacent to an activating group) is 1. The molecule has 0 aliphatic carbocycles. The molecule has 1 aromatic heterocycles. The summed E-state index contributed by atoms with van der Waals surface area (Å²) in [6.07, 6.45) is -1.34. The monoisotopic (exact) mass is 431 g/mol. The van der Waals surface area contributed by atoms with Gasteiger partial charge in [0.25, 0.3) is 0 Å². The lowest BCUT2D eigenvalue weighted by Crippen LogP contribution is -2.38. The Hall–Kier alpha value is -2.44. The highest BCUT2D eigenvalue weighted by molar-refractivity contribution is 7.89. The fraction of sp³-hybridized carbons (Fsp3) is 0.412. The molecule has 29 heavy (non-hydrogen) atoms. The smallest absolute Gasteiger partial charge is 0.325 e. The third-order valence-electron chi connectivity index (χ3n) is 4.54. The molecule has 2 heterocycles. The summed E-state index contributed by atoms with van der Waals surface area (Å²) in [7, 11) is -2.21. The van der Waals surface area contributed by atoms with Crippen molar-refractivity contribution in [2.45, 2.75) is 30.6 Å². The van der Waals surface area contributed by atoms with E-state index in [0.29, 0.717) is 24.2 Å². The van der Waals surface area contributed by atoms with Gasteiger partial charge in [0, 0.05) is 24.6 Å². The van der Waals surface area contributed by atoms with Crippen molar-refractivity contribution < 1.29 is 26.4 Å². The van der Waals surface area contributed by atoms with Gasteiger partial charge in [-0.25, -0.2) is 18.5 Å². The van der Waals surface area contributed by atoms with Crippen molar-refractivity contribution in [3.8, 4) is 0 Å². The van der Waals surface area contributed by atoms with Gasteiger partial charge in [-0.1, -0.05) is 0 Å². The highest BCUT2D eigenvalue weighted by Gasteiger charge is 2.30. The highest BCUT2D eigenvalue weighted by atomic mass is 32.2. The van der Waals surface area contributed by atoms with Gasteiger partial charge in [0.15, 0.2) is 0 Å². The first kappa shape index (κ1) is 21.3. The van der Waals surface area contributed by atoms with Crippen LogP contribution in [0.15, 0.2) is 35.5 Å². The molecule has 3 rings (SSSR count). The summed E-state index contributed by atoms with van der Waals surface area (Å²) < 4.78 is 61.8. The Morgan fingerprint density at radius 1 is 1.34 bits per heavy atom. The zero-order valence-corrected chi connectivity index (χ0v) is 16.4. The number of sulfonamides is 1. The number of benzene rings is 1. The van der Waals surface area contributed by atoms with E-state index in [9.17, 15) is 26.4 Å². The number of rotatable bonds is 6. The molecule has 0 saturated heterocycles. The van der Waals surface area contributed by atoms with Crippen LogP contribution in [0.25, 0.3) is 0 Å². The summed E-state index contributed by atoms with van der Waals surface area (Å²) in [5.41, 5.74) is 1.31. The van der Waals surface area contributed by atoms with Crippen LogP contribution in [0.2, 0.25) is 0 Å². The Morgan fingerprint density at radius 3 is 2.72 bits per heavy atom. The Morgan fingerprint density at radius 2 is 2.07 bits per heavy atom. The number of nitrogens with zero attached hydrogens (tertiary/aromatic N) is 4. The lowest BCUT2D eigenvalue weighted by Gasteiger charge is -2.22. The van der Waals surface area contributed by atoms with Crippen LogP contribution in [0, 0.1) is 0 Å². The predicted octanol–water partition coefficient (Wildman–Crippen LogP) is 1.11. The largest absolute Gasteiger partial charge is 0.406 e. The van der Waals surface area contributed by atoms with Crippen LogP contribution in [0.4, 0.5) is 18.9 Å². The van der Waals surface area contributed by atoms with E-state index in [0.717, 1.165) is 4.57 Å². The molecule has 1 aliphatic rings. The Kier molecular flexibility index (Phi) is 5.70. The van der Waals surface area contributed by atoms with E-state index in [-0.39, 0.29) is 29.7 Å². The number of alkyl halides is 3. The van der Waals surface area contributed by atoms with Crippen molar-refractivity contribution in [3.63, 3.8) is 0 Å². The summed E-state index contributed by atoms with van der Waals surface area (Å²) in [6.45, 7) is -0.718. The predicted molar refractivity (Wildman–Crippen MR) is 98.5 cm³/mol. The van der Waals surface area contributed by atoms with Crippen molar-refractivity contribution in [1.29, 1.82) is 0 Å². The fourth-order valence-corrected chi connectivity index (χ4v) is 3.82. The molecule has 0 spiro atoms. The second-order valence-electron chi connectivity index (χ2n) is 6.89. The normalized spacial score (nSPS) is 14.5. The van der Waals surface area contributed by atoms with Crippen LogP contribution in [0.5, 0.6) is 0 Å². The van der Waals surface area contributed by atoms with Gasteiger partial charge in [0.1, 0.15) is 12.4 Å². The lowest BCUT2D eigenvalue weighted by molar-refractivity contribution is -0.141. The summed E-state index contributed by atoms with van der Waals surface area (Å²) in [4.78, 5) is 19.7. The second kappa shape index (κ2) is 7.76. The molecule has 0 radical (unpaired) electrons. The first-order valence-electron chi connectivity index (χ1n) is 8.65. The first-order chi connectivity index (χ1) is 13.4. The summed E-state index contributed by atoms with van der Waals surface area (Å²) in [5.74, 6) is -0.0409. The van der Waals surface area contributed by atoms with E-state index in [1.807, 2.05) is 0 Å². The number of nitrogens with two attached hydrogens (primary N) is 1. The molecule has 2 aromatic rings. The molecular weight excluding hydrogens is 411 g/mol. The number of carbonyl (C=O) groups excluding carboxylic acids is 1. The minimum absolute atomic E-state index is 0.0147. The molecule has 2 N–H and O–H groups in total. The number of aromatic nitrogens is 2. The molecule has 12 heteroatoms. The molecule has 0 saturated carbocycles. The third-order valence-corrected chi connectivity index (χ3v) is 5.45. The van der Waals surface area contributed by atoms with Crippen molar-refractivity contribution in [2.75, 3.05) is 25.0 Å². The average Bonchev–Trinajstić information content (AvgIpc) is 3.18. The van der Waals surface area contributed by atoms with E-state index >= 15 is 0 Å². The number of imidazole rings is 1. The molecule has 158 valence electrons. The zero-order valence-electron chi connectivity index (χ0n) is 15.6. The number of amides is 1. The van der Waals surface area contributed by atoms with Gasteiger partial charge in [0.05, 0.1) is 18.0 Å². The Bertz CT molecular complexity index is 1020. The van der Waals surface area contributed by atoms with Crippen LogP contribution >= 0.6 is 0 Å². The van der Waals surface area contributed by atoms with Crippen LogP contribution < -0.4 is 10.0 Å². The minimum Gasteiger partial charge on any atom is -0.325 e. The molecule has 0 fully saturated rings. The van der Waals surface area contributed by atoms with Crippen molar-refractivity contribution in [3.05, 3.63) is 42.0 Å².